The molecule has 1 rings (SSSR count). The van der Waals surface area contributed by atoms with Crippen molar-refractivity contribution in [2.24, 2.45) is 11.8 Å². The van der Waals surface area contributed by atoms with Crippen LogP contribution in [0.3, 0.4) is 0 Å². The minimum Gasteiger partial charge on any atom is -0.345 e. The Morgan fingerprint density at radius 2 is 2.08 bits per heavy atom. The highest BCUT2D eigenvalue weighted by Crippen LogP contribution is 2.29. The molecule has 0 N–H and O–H groups in total. The maximum Gasteiger partial charge on any atom is 0.222 e. The Labute approximate surface area is 74.9 Å². The second-order valence-corrected chi connectivity index (χ2v) is 4.32. The van der Waals surface area contributed by atoms with Crippen molar-refractivity contribution in [2.45, 2.75) is 33.1 Å². The van der Waals surface area contributed by atoms with Gasteiger partial charge in [-0.15, -0.1) is 0 Å². The van der Waals surface area contributed by atoms with Crippen molar-refractivity contribution in [2.75, 3.05) is 13.6 Å². The summed E-state index contributed by atoms with van der Waals surface area (Å²) in [6.07, 6.45) is 3.34. The van der Waals surface area contributed by atoms with Crippen LogP contribution in [0.4, 0.5) is 0 Å². The van der Waals surface area contributed by atoms with Gasteiger partial charge in [0.1, 0.15) is 0 Å². The quantitative estimate of drug-likeness (QED) is 0.629. The van der Waals surface area contributed by atoms with E-state index in [1.165, 1.54) is 12.8 Å². The van der Waals surface area contributed by atoms with Crippen LogP contribution in [0.2, 0.25) is 0 Å². The molecule has 0 aromatic carbocycles. The van der Waals surface area contributed by atoms with Crippen LogP contribution < -0.4 is 0 Å². The third-order valence-electron chi connectivity index (χ3n) is 2.24. The van der Waals surface area contributed by atoms with Gasteiger partial charge in [-0.3, -0.25) is 4.79 Å². The van der Waals surface area contributed by atoms with Crippen molar-refractivity contribution in [3.05, 3.63) is 0 Å². The van der Waals surface area contributed by atoms with Crippen molar-refractivity contribution < 1.29 is 4.79 Å². The van der Waals surface area contributed by atoms with Crippen LogP contribution in [0.5, 0.6) is 0 Å². The maximum atomic E-state index is 11.4. The van der Waals surface area contributed by atoms with Gasteiger partial charge in [0.05, 0.1) is 0 Å². The highest BCUT2D eigenvalue weighted by atomic mass is 16.2. The molecule has 70 valence electrons. The second-order valence-electron chi connectivity index (χ2n) is 4.32. The van der Waals surface area contributed by atoms with E-state index in [4.69, 9.17) is 0 Å². The summed E-state index contributed by atoms with van der Waals surface area (Å²) in [5.74, 6) is 1.60. The maximum absolute atomic E-state index is 11.4. The molecule has 0 unspecified atom stereocenters. The fraction of sp³-hybridized carbons (Fsp3) is 0.900. The monoisotopic (exact) mass is 169 g/mol. The molecule has 1 fully saturated rings. The Morgan fingerprint density at radius 3 is 2.50 bits per heavy atom. The number of carbonyl (C=O) groups is 1. The van der Waals surface area contributed by atoms with Crippen molar-refractivity contribution >= 4 is 5.91 Å². The second kappa shape index (κ2) is 3.92. The van der Waals surface area contributed by atoms with E-state index in [1.807, 2.05) is 11.9 Å². The number of hydrogen-bond donors (Lipinski definition) is 0. The van der Waals surface area contributed by atoms with E-state index < -0.39 is 0 Å². The fourth-order valence-corrected chi connectivity index (χ4v) is 1.29. The predicted octanol–water partition coefficient (Wildman–Crippen LogP) is 1.90. The molecule has 0 aromatic heterocycles. The standard InChI is InChI=1S/C10H19NO/c1-8(2)6-10(12)11(3)7-9-4-5-9/h8-9H,4-7H2,1-3H3. The van der Waals surface area contributed by atoms with Gasteiger partial charge in [-0.25, -0.2) is 0 Å². The SMILES string of the molecule is CC(C)CC(=O)N(C)CC1CC1. The normalized spacial score (nSPS) is 16.7. The lowest BCUT2D eigenvalue weighted by Crippen LogP contribution is -2.29. The van der Waals surface area contributed by atoms with Gasteiger partial charge in [0, 0.05) is 20.0 Å². The minimum atomic E-state index is 0.303. The summed E-state index contributed by atoms with van der Waals surface area (Å²) < 4.78 is 0. The molecule has 0 bridgehead atoms. The summed E-state index contributed by atoms with van der Waals surface area (Å²) in [6.45, 7) is 5.15. The molecule has 0 saturated heterocycles. The first-order valence-electron chi connectivity index (χ1n) is 4.83. The average Bonchev–Trinajstić information content (AvgIpc) is 2.70. The van der Waals surface area contributed by atoms with Gasteiger partial charge >= 0.3 is 0 Å². The number of carbonyl (C=O) groups excluding carboxylic acids is 1. The third kappa shape index (κ3) is 3.24. The van der Waals surface area contributed by atoms with Gasteiger partial charge in [-0.1, -0.05) is 13.8 Å². The van der Waals surface area contributed by atoms with Crippen LogP contribution in [0, 0.1) is 11.8 Å². The minimum absolute atomic E-state index is 0.303. The Morgan fingerprint density at radius 1 is 1.50 bits per heavy atom. The van der Waals surface area contributed by atoms with E-state index in [2.05, 4.69) is 13.8 Å². The first kappa shape index (κ1) is 9.56. The van der Waals surface area contributed by atoms with Gasteiger partial charge in [-0.05, 0) is 24.7 Å². The molecular weight excluding hydrogens is 150 g/mol. The Balaban J connectivity index is 2.19. The molecule has 12 heavy (non-hydrogen) atoms. The van der Waals surface area contributed by atoms with Crippen LogP contribution in [-0.2, 0) is 4.79 Å². The van der Waals surface area contributed by atoms with Crippen LogP contribution in [-0.4, -0.2) is 24.4 Å². The molecule has 0 heterocycles. The molecule has 1 amide bonds. The molecule has 0 aliphatic heterocycles. The molecule has 0 radical (unpaired) electrons. The van der Waals surface area contributed by atoms with E-state index in [0.29, 0.717) is 18.2 Å². The lowest BCUT2D eigenvalue weighted by molar-refractivity contribution is -0.130. The average molecular weight is 169 g/mol. The van der Waals surface area contributed by atoms with Gasteiger partial charge in [0.2, 0.25) is 5.91 Å². The summed E-state index contributed by atoms with van der Waals surface area (Å²) in [4.78, 5) is 13.3. The molecular formula is C10H19NO. The molecule has 1 aliphatic rings. The summed E-state index contributed by atoms with van der Waals surface area (Å²) in [6, 6.07) is 0. The van der Waals surface area contributed by atoms with E-state index in [0.717, 1.165) is 12.5 Å². The zero-order chi connectivity index (χ0) is 9.14. The highest BCUT2D eigenvalue weighted by molar-refractivity contribution is 5.76. The van der Waals surface area contributed by atoms with Gasteiger partial charge < -0.3 is 4.90 Å². The summed E-state index contributed by atoms with van der Waals surface area (Å²) in [7, 11) is 1.92. The van der Waals surface area contributed by atoms with Crippen molar-refractivity contribution in [1.29, 1.82) is 0 Å². The van der Waals surface area contributed by atoms with E-state index in [1.54, 1.807) is 0 Å². The third-order valence-corrected chi connectivity index (χ3v) is 2.24. The Kier molecular flexibility index (Phi) is 3.12. The zero-order valence-corrected chi connectivity index (χ0v) is 8.34. The zero-order valence-electron chi connectivity index (χ0n) is 8.34. The van der Waals surface area contributed by atoms with Crippen molar-refractivity contribution in [1.82, 2.24) is 4.90 Å². The molecule has 0 spiro atoms. The number of rotatable bonds is 4. The fourth-order valence-electron chi connectivity index (χ4n) is 1.29. The molecule has 0 atom stereocenters. The van der Waals surface area contributed by atoms with Crippen LogP contribution in [0.25, 0.3) is 0 Å². The Hall–Kier alpha value is -0.530. The largest absolute Gasteiger partial charge is 0.345 e. The van der Waals surface area contributed by atoms with Crippen molar-refractivity contribution in [3.63, 3.8) is 0 Å². The number of nitrogens with zero attached hydrogens (tertiary/aromatic N) is 1. The van der Waals surface area contributed by atoms with Gasteiger partial charge in [0.15, 0.2) is 0 Å². The smallest absolute Gasteiger partial charge is 0.222 e. The number of amides is 1. The summed E-state index contributed by atoms with van der Waals surface area (Å²) >= 11 is 0. The predicted molar refractivity (Wildman–Crippen MR) is 49.8 cm³/mol. The summed E-state index contributed by atoms with van der Waals surface area (Å²) in [5, 5.41) is 0. The lowest BCUT2D eigenvalue weighted by Gasteiger charge is -2.17. The molecule has 1 aliphatic carbocycles. The van der Waals surface area contributed by atoms with Crippen molar-refractivity contribution in [3.8, 4) is 0 Å². The van der Waals surface area contributed by atoms with E-state index >= 15 is 0 Å². The topological polar surface area (TPSA) is 20.3 Å². The highest BCUT2D eigenvalue weighted by Gasteiger charge is 2.24. The van der Waals surface area contributed by atoms with Crippen LogP contribution in [0.15, 0.2) is 0 Å². The Bertz CT molecular complexity index is 161. The molecule has 2 heteroatoms. The summed E-state index contributed by atoms with van der Waals surface area (Å²) in [5.41, 5.74) is 0. The van der Waals surface area contributed by atoms with Crippen LogP contribution in [0.1, 0.15) is 33.1 Å². The lowest BCUT2D eigenvalue weighted by atomic mass is 10.1. The van der Waals surface area contributed by atoms with E-state index in [-0.39, 0.29) is 0 Å². The van der Waals surface area contributed by atoms with E-state index in [9.17, 15) is 4.79 Å². The number of hydrogen-bond acceptors (Lipinski definition) is 1. The molecule has 0 aromatic rings. The van der Waals surface area contributed by atoms with Crippen LogP contribution >= 0.6 is 0 Å². The van der Waals surface area contributed by atoms with Gasteiger partial charge in [0.25, 0.3) is 0 Å². The van der Waals surface area contributed by atoms with Gasteiger partial charge in [-0.2, -0.15) is 0 Å². The molecule has 1 saturated carbocycles. The molecule has 2 nitrogen and oxygen atoms in total. The first-order chi connectivity index (χ1) is 5.59. The first-order valence-corrected chi connectivity index (χ1v) is 4.83.